The number of hydrogen-bond acceptors (Lipinski definition) is 11. The highest BCUT2D eigenvalue weighted by molar-refractivity contribution is 6.06. The zero-order chi connectivity index (χ0) is 42.0. The SMILES string of the molecule is COc1cc2c(cc1OCCCCCOc1cc3c(cc1OC)C(=O)N1C=C(c4cccc(N)c4)C[C@H]1C=N3)N=C[C@@H]1CC(c3ccc(N4CCN(C)CC4)cc3)=CN1C2=O. The van der Waals surface area contributed by atoms with Crippen molar-refractivity contribution in [1.29, 1.82) is 0 Å². The van der Waals surface area contributed by atoms with Crippen LogP contribution in [-0.4, -0.2) is 112 Å². The maximum Gasteiger partial charge on any atom is 0.260 e. The van der Waals surface area contributed by atoms with Crippen LogP contribution in [0.15, 0.2) is 95.2 Å². The topological polar surface area (TPSA) is 135 Å². The van der Waals surface area contributed by atoms with Gasteiger partial charge in [0.15, 0.2) is 23.0 Å². The van der Waals surface area contributed by atoms with Gasteiger partial charge in [-0.3, -0.25) is 19.6 Å². The Bertz CT molecular complexity index is 2450. The second-order valence-corrected chi connectivity index (χ2v) is 16.1. The van der Waals surface area contributed by atoms with Gasteiger partial charge >= 0.3 is 0 Å². The normalized spacial score (nSPS) is 19.4. The van der Waals surface area contributed by atoms with Gasteiger partial charge in [0.1, 0.15) is 0 Å². The lowest BCUT2D eigenvalue weighted by atomic mass is 10.0. The van der Waals surface area contributed by atoms with E-state index in [2.05, 4.69) is 41.1 Å². The van der Waals surface area contributed by atoms with Crippen molar-refractivity contribution < 1.29 is 28.5 Å². The molecule has 5 heterocycles. The van der Waals surface area contributed by atoms with E-state index >= 15 is 0 Å². The van der Waals surface area contributed by atoms with E-state index < -0.39 is 0 Å². The Labute approximate surface area is 356 Å². The fourth-order valence-electron chi connectivity index (χ4n) is 8.58. The number of nitrogens with two attached hydrogens (primary N) is 1. The quantitative estimate of drug-likeness (QED) is 0.107. The van der Waals surface area contributed by atoms with Gasteiger partial charge in [-0.05, 0) is 85.0 Å². The Balaban J connectivity index is 0.776. The van der Waals surface area contributed by atoms with Crippen molar-refractivity contribution in [2.24, 2.45) is 9.98 Å². The number of nitrogen functional groups attached to an aromatic ring is 1. The van der Waals surface area contributed by atoms with Crippen LogP contribution in [0.5, 0.6) is 23.0 Å². The van der Waals surface area contributed by atoms with E-state index in [1.807, 2.05) is 49.1 Å². The summed E-state index contributed by atoms with van der Waals surface area (Å²) in [6, 6.07) is 23.0. The second-order valence-electron chi connectivity index (χ2n) is 16.1. The molecule has 0 aromatic heterocycles. The van der Waals surface area contributed by atoms with Gasteiger partial charge in [-0.1, -0.05) is 24.3 Å². The van der Waals surface area contributed by atoms with E-state index in [-0.39, 0.29) is 23.9 Å². The number of nitrogens with zero attached hydrogens (tertiary/aromatic N) is 6. The molecular formula is C48H51N7O6. The standard InChI is InChI=1S/C48H51N7O6/c1-52-14-16-53(17-15-52)36-12-10-31(11-13-36)33-21-37-27-50-41-25-45(43(58-2)23-39(41)47(56)54(37)29-33)60-18-5-4-6-19-61-46-26-42-40(24-44(46)59-3)48(57)55-30-34(22-38(55)28-51-42)32-8-7-9-35(49)20-32/h7-13,20,23-30,37-38H,4-6,14-19,21-22,49H2,1-3H3/t37-,38-/m0/s1. The van der Waals surface area contributed by atoms with Gasteiger partial charge in [0, 0.05) is 87.4 Å². The summed E-state index contributed by atoms with van der Waals surface area (Å²) in [5, 5.41) is 0. The highest BCUT2D eigenvalue weighted by Gasteiger charge is 2.35. The van der Waals surface area contributed by atoms with E-state index in [0.717, 1.165) is 67.7 Å². The predicted molar refractivity (Wildman–Crippen MR) is 239 cm³/mol. The number of anilines is 2. The van der Waals surface area contributed by atoms with Crippen molar-refractivity contribution in [2.75, 3.05) is 71.3 Å². The molecule has 2 amide bonds. The smallest absolute Gasteiger partial charge is 0.260 e. The van der Waals surface area contributed by atoms with Crippen molar-refractivity contribution >= 4 is 58.1 Å². The summed E-state index contributed by atoms with van der Waals surface area (Å²) in [4.78, 5) is 45.4. The maximum atomic E-state index is 13.9. The molecule has 0 unspecified atom stereocenters. The van der Waals surface area contributed by atoms with E-state index in [4.69, 9.17) is 34.7 Å². The number of ether oxygens (including phenoxy) is 4. The molecule has 13 heteroatoms. The van der Waals surface area contributed by atoms with Crippen LogP contribution in [0.3, 0.4) is 0 Å². The third-order valence-electron chi connectivity index (χ3n) is 12.1. The van der Waals surface area contributed by atoms with Crippen LogP contribution in [0.25, 0.3) is 11.1 Å². The molecular weight excluding hydrogens is 771 g/mol. The zero-order valence-electron chi connectivity index (χ0n) is 34.9. The lowest BCUT2D eigenvalue weighted by molar-refractivity contribution is 0.0809. The summed E-state index contributed by atoms with van der Waals surface area (Å²) in [7, 11) is 5.31. The molecule has 2 N–H and O–H groups in total. The van der Waals surface area contributed by atoms with Crippen LogP contribution in [0, 0.1) is 0 Å². The monoisotopic (exact) mass is 821 g/mol. The first kappa shape index (κ1) is 39.8. The fourth-order valence-corrected chi connectivity index (χ4v) is 8.58. The fraction of sp³-hybridized carbons (Fsp3) is 0.333. The zero-order valence-corrected chi connectivity index (χ0v) is 34.9. The minimum absolute atomic E-state index is 0.114. The summed E-state index contributed by atoms with van der Waals surface area (Å²) >= 11 is 0. The number of piperazine rings is 1. The van der Waals surface area contributed by atoms with Crippen LogP contribution in [-0.2, 0) is 0 Å². The van der Waals surface area contributed by atoms with Crippen LogP contribution in [0.1, 0.15) is 63.9 Å². The van der Waals surface area contributed by atoms with Gasteiger partial charge in [0.05, 0.1) is 62.0 Å². The summed E-state index contributed by atoms with van der Waals surface area (Å²) in [6.45, 7) is 5.06. The highest BCUT2D eigenvalue weighted by Crippen LogP contribution is 2.42. The Morgan fingerprint density at radius 3 is 1.70 bits per heavy atom. The number of carbonyl (C=O) groups excluding carboxylic acids is 2. The van der Waals surface area contributed by atoms with Gasteiger partial charge in [0.25, 0.3) is 11.8 Å². The molecule has 0 spiro atoms. The number of hydrogen-bond donors (Lipinski definition) is 1. The van der Waals surface area contributed by atoms with Gasteiger partial charge in [-0.2, -0.15) is 0 Å². The van der Waals surface area contributed by atoms with Crippen LogP contribution < -0.4 is 29.6 Å². The number of benzene rings is 4. The molecule has 0 saturated carbocycles. The molecule has 5 aliphatic heterocycles. The van der Waals surface area contributed by atoms with E-state index in [1.165, 1.54) is 5.69 Å². The number of rotatable bonds is 13. The average Bonchev–Trinajstić information content (AvgIpc) is 3.86. The molecule has 4 aromatic rings. The number of methoxy groups -OCH3 is 2. The number of likely N-dealkylation sites (N-methyl/N-ethyl adjacent to an activating group) is 1. The van der Waals surface area contributed by atoms with Crippen molar-refractivity contribution in [2.45, 2.75) is 44.2 Å². The van der Waals surface area contributed by atoms with Crippen LogP contribution in [0.2, 0.25) is 0 Å². The molecule has 9 rings (SSSR count). The number of fused-ring (bicyclic) bond motifs is 4. The molecule has 1 saturated heterocycles. The lowest BCUT2D eigenvalue weighted by Crippen LogP contribution is -2.44. The van der Waals surface area contributed by atoms with E-state index in [1.54, 1.807) is 48.3 Å². The average molecular weight is 822 g/mol. The first-order valence-corrected chi connectivity index (χ1v) is 21.0. The number of aliphatic imine (C=N–C) groups is 2. The number of amides is 2. The minimum atomic E-state index is -0.194. The van der Waals surface area contributed by atoms with E-state index in [0.29, 0.717) is 77.2 Å². The lowest BCUT2D eigenvalue weighted by Gasteiger charge is -2.34. The maximum absolute atomic E-state index is 13.9. The first-order chi connectivity index (χ1) is 29.8. The minimum Gasteiger partial charge on any atom is -0.493 e. The third kappa shape index (κ3) is 8.17. The molecule has 2 atom stereocenters. The van der Waals surface area contributed by atoms with Gasteiger partial charge in [-0.15, -0.1) is 0 Å². The van der Waals surface area contributed by atoms with E-state index in [9.17, 15) is 9.59 Å². The summed E-state index contributed by atoms with van der Waals surface area (Å²) in [5.74, 6) is 1.79. The van der Waals surface area contributed by atoms with Crippen molar-refractivity contribution in [3.05, 3.63) is 107 Å². The molecule has 314 valence electrons. The number of carbonyl (C=O) groups is 2. The molecule has 0 radical (unpaired) electrons. The van der Waals surface area contributed by atoms with Crippen LogP contribution in [0.4, 0.5) is 22.7 Å². The molecule has 5 aliphatic rings. The Hall–Kier alpha value is -6.60. The van der Waals surface area contributed by atoms with Gasteiger partial charge in [0.2, 0.25) is 0 Å². The second kappa shape index (κ2) is 17.2. The Morgan fingerprint density at radius 2 is 1.18 bits per heavy atom. The van der Waals surface area contributed by atoms with Crippen molar-refractivity contribution in [3.63, 3.8) is 0 Å². The first-order valence-electron chi connectivity index (χ1n) is 21.0. The third-order valence-corrected chi connectivity index (χ3v) is 12.1. The number of unbranched alkanes of at least 4 members (excludes halogenated alkanes) is 2. The molecule has 61 heavy (non-hydrogen) atoms. The molecule has 1 fully saturated rings. The van der Waals surface area contributed by atoms with Crippen LogP contribution >= 0.6 is 0 Å². The van der Waals surface area contributed by atoms with Gasteiger partial charge < -0.3 is 44.3 Å². The molecule has 0 aliphatic carbocycles. The summed E-state index contributed by atoms with van der Waals surface area (Å²) < 4.78 is 23.7. The Kier molecular flexibility index (Phi) is 11.2. The molecule has 0 bridgehead atoms. The summed E-state index contributed by atoms with van der Waals surface area (Å²) in [6.07, 6.45) is 11.3. The summed E-state index contributed by atoms with van der Waals surface area (Å²) in [5.41, 5.74) is 14.2. The van der Waals surface area contributed by atoms with Crippen molar-refractivity contribution in [1.82, 2.24) is 14.7 Å². The Morgan fingerprint density at radius 1 is 0.639 bits per heavy atom. The largest absolute Gasteiger partial charge is 0.493 e. The molecule has 4 aromatic carbocycles. The predicted octanol–water partition coefficient (Wildman–Crippen LogP) is 7.61. The van der Waals surface area contributed by atoms with Crippen molar-refractivity contribution in [3.8, 4) is 23.0 Å². The van der Waals surface area contributed by atoms with Gasteiger partial charge in [-0.25, -0.2) is 0 Å². The highest BCUT2D eigenvalue weighted by atomic mass is 16.5. The molecule has 13 nitrogen and oxygen atoms in total.